The van der Waals surface area contributed by atoms with E-state index in [0.29, 0.717) is 23.8 Å². The summed E-state index contributed by atoms with van der Waals surface area (Å²) in [6, 6.07) is 7.48. The predicted octanol–water partition coefficient (Wildman–Crippen LogP) is 2.18. The third-order valence-corrected chi connectivity index (χ3v) is 4.70. The van der Waals surface area contributed by atoms with E-state index >= 15 is 0 Å². The van der Waals surface area contributed by atoms with Crippen LogP contribution in [-0.2, 0) is 4.74 Å². The smallest absolute Gasteiger partial charge is 0.253 e. The van der Waals surface area contributed by atoms with E-state index in [-0.39, 0.29) is 5.91 Å². The molecule has 0 unspecified atom stereocenters. The third kappa shape index (κ3) is 6.55. The van der Waals surface area contributed by atoms with Gasteiger partial charge in [0.15, 0.2) is 5.11 Å². The maximum atomic E-state index is 12.4. The Hall–Kier alpha value is -1.70. The van der Waals surface area contributed by atoms with Crippen LogP contribution in [0.5, 0.6) is 0 Å². The Morgan fingerprint density at radius 2 is 2.00 bits per heavy atom. The molecule has 1 aliphatic heterocycles. The summed E-state index contributed by atoms with van der Waals surface area (Å²) in [6.07, 6.45) is 1.03. The molecule has 1 saturated heterocycles. The summed E-state index contributed by atoms with van der Waals surface area (Å²) in [7, 11) is 0. The number of morpholine rings is 1. The van der Waals surface area contributed by atoms with Gasteiger partial charge in [-0.2, -0.15) is 0 Å². The topological polar surface area (TPSA) is 56.8 Å². The first-order chi connectivity index (χ1) is 12.6. The normalized spacial score (nSPS) is 14.7. The van der Waals surface area contributed by atoms with Gasteiger partial charge in [0.1, 0.15) is 0 Å². The third-order valence-electron chi connectivity index (χ3n) is 4.46. The van der Waals surface area contributed by atoms with Crippen LogP contribution in [0.4, 0.5) is 5.69 Å². The summed E-state index contributed by atoms with van der Waals surface area (Å²) in [6.45, 7) is 10.9. The van der Waals surface area contributed by atoms with Crippen LogP contribution in [0.2, 0.25) is 0 Å². The number of carbonyl (C=O) groups excluding carboxylic acids is 1. The lowest BCUT2D eigenvalue weighted by Gasteiger charge is -2.26. The number of hydrogen-bond acceptors (Lipinski definition) is 4. The molecule has 0 radical (unpaired) electrons. The molecule has 1 heterocycles. The van der Waals surface area contributed by atoms with Crippen LogP contribution in [0.25, 0.3) is 0 Å². The number of nitrogens with one attached hydrogen (secondary N) is 2. The highest BCUT2D eigenvalue weighted by molar-refractivity contribution is 7.80. The molecule has 0 bridgehead atoms. The van der Waals surface area contributed by atoms with Gasteiger partial charge >= 0.3 is 0 Å². The van der Waals surface area contributed by atoms with Gasteiger partial charge in [-0.05, 0) is 57.2 Å². The summed E-state index contributed by atoms with van der Waals surface area (Å²) in [4.78, 5) is 16.7. The number of anilines is 1. The van der Waals surface area contributed by atoms with Crippen LogP contribution >= 0.6 is 12.2 Å². The lowest BCUT2D eigenvalue weighted by molar-refractivity contribution is 0.0376. The summed E-state index contributed by atoms with van der Waals surface area (Å²) in [5.41, 5.74) is 1.50. The Bertz CT molecular complexity index is 587. The fourth-order valence-corrected chi connectivity index (χ4v) is 3.15. The maximum absolute atomic E-state index is 12.4. The van der Waals surface area contributed by atoms with Gasteiger partial charge in [-0.3, -0.25) is 9.69 Å². The molecule has 6 nitrogen and oxygen atoms in total. The van der Waals surface area contributed by atoms with Gasteiger partial charge in [-0.25, -0.2) is 0 Å². The van der Waals surface area contributed by atoms with Crippen molar-refractivity contribution in [2.24, 2.45) is 0 Å². The zero-order chi connectivity index (χ0) is 18.8. The number of benzene rings is 1. The number of carbonyl (C=O) groups is 1. The van der Waals surface area contributed by atoms with Crippen molar-refractivity contribution >= 4 is 28.9 Å². The number of hydrogen-bond donors (Lipinski definition) is 2. The van der Waals surface area contributed by atoms with Crippen LogP contribution in [0.15, 0.2) is 24.3 Å². The molecular formula is C19H30N4O2S. The van der Waals surface area contributed by atoms with E-state index in [9.17, 15) is 4.79 Å². The van der Waals surface area contributed by atoms with Crippen molar-refractivity contribution < 1.29 is 9.53 Å². The minimum atomic E-state index is 0.0445. The summed E-state index contributed by atoms with van der Waals surface area (Å²) in [5, 5.41) is 6.98. The van der Waals surface area contributed by atoms with Crippen molar-refractivity contribution in [2.45, 2.75) is 20.3 Å². The molecule has 2 N–H and O–H groups in total. The molecule has 1 fully saturated rings. The van der Waals surface area contributed by atoms with E-state index < -0.39 is 0 Å². The molecule has 0 aromatic heterocycles. The van der Waals surface area contributed by atoms with E-state index in [2.05, 4.69) is 15.5 Å². The second-order valence-electron chi connectivity index (χ2n) is 6.25. The molecule has 0 atom stereocenters. The fraction of sp³-hybridized carbons (Fsp3) is 0.579. The fourth-order valence-electron chi connectivity index (χ4n) is 2.93. The molecule has 0 spiro atoms. The highest BCUT2D eigenvalue weighted by Crippen LogP contribution is 2.13. The molecular weight excluding hydrogens is 348 g/mol. The minimum Gasteiger partial charge on any atom is -0.379 e. The molecule has 7 heteroatoms. The first kappa shape index (κ1) is 20.6. The van der Waals surface area contributed by atoms with E-state index in [1.807, 2.05) is 38.1 Å². The van der Waals surface area contributed by atoms with Crippen molar-refractivity contribution in [1.82, 2.24) is 15.1 Å². The molecule has 1 aromatic rings. The number of ether oxygens (including phenoxy) is 1. The van der Waals surface area contributed by atoms with Crippen molar-refractivity contribution in [3.63, 3.8) is 0 Å². The molecule has 0 aliphatic carbocycles. The highest BCUT2D eigenvalue weighted by atomic mass is 32.1. The van der Waals surface area contributed by atoms with Crippen LogP contribution < -0.4 is 10.6 Å². The number of thiocarbonyl (C=S) groups is 1. The SMILES string of the molecule is CCN(CC)C(=O)c1cccc(NC(=S)NCCCN2CCOCC2)c1. The van der Waals surface area contributed by atoms with Gasteiger partial charge in [0.05, 0.1) is 13.2 Å². The molecule has 2 rings (SSSR count). The Balaban J connectivity index is 1.76. The molecule has 1 aromatic carbocycles. The number of nitrogens with zero attached hydrogens (tertiary/aromatic N) is 2. The quantitative estimate of drug-likeness (QED) is 0.534. The Kier molecular flexibility index (Phi) is 8.80. The van der Waals surface area contributed by atoms with Crippen molar-refractivity contribution in [2.75, 3.05) is 57.8 Å². The lowest BCUT2D eigenvalue weighted by Crippen LogP contribution is -2.38. The lowest BCUT2D eigenvalue weighted by atomic mass is 10.1. The molecule has 26 heavy (non-hydrogen) atoms. The van der Waals surface area contributed by atoms with Crippen LogP contribution in [0.1, 0.15) is 30.6 Å². The zero-order valence-corrected chi connectivity index (χ0v) is 16.6. The van der Waals surface area contributed by atoms with Gasteiger partial charge in [0.2, 0.25) is 0 Å². The molecule has 144 valence electrons. The number of rotatable bonds is 8. The van der Waals surface area contributed by atoms with Gasteiger partial charge in [0.25, 0.3) is 5.91 Å². The first-order valence-electron chi connectivity index (χ1n) is 9.38. The second kappa shape index (κ2) is 11.1. The molecule has 1 amide bonds. The first-order valence-corrected chi connectivity index (χ1v) is 9.79. The second-order valence-corrected chi connectivity index (χ2v) is 6.65. The van der Waals surface area contributed by atoms with Crippen LogP contribution in [-0.4, -0.2) is 73.3 Å². The van der Waals surface area contributed by atoms with Gasteiger partial charge in [-0.1, -0.05) is 6.07 Å². The molecule has 0 saturated carbocycles. The van der Waals surface area contributed by atoms with E-state index in [1.54, 1.807) is 4.90 Å². The van der Waals surface area contributed by atoms with Crippen molar-refractivity contribution in [1.29, 1.82) is 0 Å². The standard InChI is InChI=1S/C19H30N4O2S/c1-3-23(4-2)18(24)16-7-5-8-17(15-16)21-19(26)20-9-6-10-22-11-13-25-14-12-22/h5,7-8,15H,3-4,6,9-14H2,1-2H3,(H2,20,21,26). The summed E-state index contributed by atoms with van der Waals surface area (Å²) < 4.78 is 5.35. The largest absolute Gasteiger partial charge is 0.379 e. The van der Waals surface area contributed by atoms with Crippen LogP contribution in [0.3, 0.4) is 0 Å². The minimum absolute atomic E-state index is 0.0445. The number of amides is 1. The summed E-state index contributed by atoms with van der Waals surface area (Å²) in [5.74, 6) is 0.0445. The summed E-state index contributed by atoms with van der Waals surface area (Å²) >= 11 is 5.36. The van der Waals surface area contributed by atoms with Gasteiger partial charge in [-0.15, -0.1) is 0 Å². The zero-order valence-electron chi connectivity index (χ0n) is 15.8. The Morgan fingerprint density at radius 1 is 1.27 bits per heavy atom. The van der Waals surface area contributed by atoms with E-state index in [4.69, 9.17) is 17.0 Å². The maximum Gasteiger partial charge on any atom is 0.253 e. The van der Waals surface area contributed by atoms with Gasteiger partial charge < -0.3 is 20.3 Å². The van der Waals surface area contributed by atoms with E-state index in [1.165, 1.54) is 0 Å². The Morgan fingerprint density at radius 3 is 2.69 bits per heavy atom. The average Bonchev–Trinajstić information content (AvgIpc) is 2.67. The van der Waals surface area contributed by atoms with Crippen LogP contribution in [0, 0.1) is 0 Å². The highest BCUT2D eigenvalue weighted by Gasteiger charge is 2.13. The Labute approximate surface area is 161 Å². The predicted molar refractivity (Wildman–Crippen MR) is 110 cm³/mol. The average molecular weight is 379 g/mol. The monoisotopic (exact) mass is 378 g/mol. The van der Waals surface area contributed by atoms with E-state index in [0.717, 1.165) is 51.5 Å². The van der Waals surface area contributed by atoms with Gasteiger partial charge in [0, 0.05) is 44.0 Å². The van der Waals surface area contributed by atoms with Crippen molar-refractivity contribution in [3.8, 4) is 0 Å². The molecule has 1 aliphatic rings. The van der Waals surface area contributed by atoms with Crippen molar-refractivity contribution in [3.05, 3.63) is 29.8 Å².